The minimum absolute atomic E-state index is 0.272. The van der Waals surface area contributed by atoms with E-state index in [1.807, 2.05) is 26.1 Å². The monoisotopic (exact) mass is 484 g/mol. The van der Waals surface area contributed by atoms with Crippen LogP contribution in [0.5, 0.6) is 0 Å². The van der Waals surface area contributed by atoms with Crippen LogP contribution in [0.15, 0.2) is 36.7 Å². The number of anilines is 2. The van der Waals surface area contributed by atoms with Crippen LogP contribution in [-0.2, 0) is 5.60 Å². The molecule has 1 aliphatic rings. The van der Waals surface area contributed by atoms with E-state index in [9.17, 15) is 5.11 Å². The molecule has 9 heteroatoms. The van der Waals surface area contributed by atoms with Crippen molar-refractivity contribution in [1.82, 2.24) is 15.0 Å². The number of rotatable bonds is 5. The van der Waals surface area contributed by atoms with E-state index in [0.717, 1.165) is 45.2 Å². The Kier molecular flexibility index (Phi) is 8.22. The zero-order valence-corrected chi connectivity index (χ0v) is 20.8. The van der Waals surface area contributed by atoms with Crippen LogP contribution in [0, 0.1) is 25.7 Å². The summed E-state index contributed by atoms with van der Waals surface area (Å²) in [4.78, 5) is 23.0. The van der Waals surface area contributed by atoms with E-state index in [1.165, 1.54) is 12.8 Å². The van der Waals surface area contributed by atoms with Crippen LogP contribution in [0.3, 0.4) is 0 Å². The molecule has 0 unspecified atom stereocenters. The van der Waals surface area contributed by atoms with Crippen molar-refractivity contribution >= 4 is 29.1 Å². The average molecular weight is 485 g/mol. The van der Waals surface area contributed by atoms with Gasteiger partial charge in [-0.05, 0) is 74.8 Å². The number of hydrogen-bond donors (Lipinski definition) is 4. The van der Waals surface area contributed by atoms with Crippen LogP contribution >= 0.6 is 11.3 Å². The summed E-state index contributed by atoms with van der Waals surface area (Å²) in [5, 5.41) is 29.4. The van der Waals surface area contributed by atoms with Gasteiger partial charge in [-0.25, -0.2) is 19.7 Å². The molecule has 0 radical (unpaired) electrons. The molecule has 3 aromatic rings. The van der Waals surface area contributed by atoms with E-state index >= 15 is 0 Å². The minimum Gasteiger partial charge on any atom is -0.450 e. The summed E-state index contributed by atoms with van der Waals surface area (Å²) in [5.41, 5.74) is 3.22. The minimum atomic E-state index is -1.83. The molecule has 8 nitrogen and oxygen atoms in total. The first-order valence-electron chi connectivity index (χ1n) is 11.3. The third-order valence-corrected chi connectivity index (χ3v) is 7.36. The molecule has 4 rings (SSSR count). The highest BCUT2D eigenvalue weighted by Crippen LogP contribution is 2.43. The van der Waals surface area contributed by atoms with Crippen LogP contribution in [0.2, 0.25) is 0 Å². The fourth-order valence-corrected chi connectivity index (χ4v) is 5.42. The Balaban J connectivity index is 0.000000751. The van der Waals surface area contributed by atoms with Gasteiger partial charge in [0.2, 0.25) is 5.95 Å². The second kappa shape index (κ2) is 10.9. The van der Waals surface area contributed by atoms with Crippen LogP contribution < -0.4 is 5.32 Å². The molecule has 34 heavy (non-hydrogen) atoms. The standard InChI is InChI=1S/C24H30N4OS.CH2O3/c1-15-6-5-7-19(11-15)24(4,29)22-26-14-21(30-22)18-10-16(2)12-20(13-18)28-23-25-9-8-17(3)27-23;2-1(3)4/h8-10,12-15,19,29H,5-7,11H2,1-4H3,(H,25,27,28);(H2,2,3,4)/t15-,19+,24-;/m0./s1. The lowest BCUT2D eigenvalue weighted by molar-refractivity contribution is -0.0295. The third-order valence-electron chi connectivity index (χ3n) is 6.08. The highest BCUT2D eigenvalue weighted by molar-refractivity contribution is 7.15. The first kappa shape index (κ1) is 25.6. The van der Waals surface area contributed by atoms with Crippen molar-refractivity contribution in [3.05, 3.63) is 52.9 Å². The molecule has 1 aliphatic carbocycles. The van der Waals surface area contributed by atoms with Gasteiger partial charge in [0.15, 0.2) is 0 Å². The lowest BCUT2D eigenvalue weighted by Crippen LogP contribution is -2.34. The van der Waals surface area contributed by atoms with Crippen molar-refractivity contribution in [3.8, 4) is 10.4 Å². The first-order valence-corrected chi connectivity index (χ1v) is 12.2. The van der Waals surface area contributed by atoms with E-state index in [2.05, 4.69) is 52.3 Å². The molecule has 2 aromatic heterocycles. The Morgan fingerprint density at radius 2 is 1.91 bits per heavy atom. The maximum absolute atomic E-state index is 11.3. The predicted molar refractivity (Wildman–Crippen MR) is 134 cm³/mol. The Hall–Kier alpha value is -3.04. The molecule has 1 aromatic carbocycles. The van der Waals surface area contributed by atoms with E-state index in [-0.39, 0.29) is 5.92 Å². The Morgan fingerprint density at radius 1 is 1.18 bits per heavy atom. The number of aryl methyl sites for hydroxylation is 2. The number of carboxylic acid groups (broad SMARTS) is 2. The number of nitrogens with one attached hydrogen (secondary N) is 1. The number of nitrogens with zero attached hydrogens (tertiary/aromatic N) is 3. The van der Waals surface area contributed by atoms with E-state index < -0.39 is 11.8 Å². The fraction of sp³-hybridized carbons (Fsp3) is 0.440. The highest BCUT2D eigenvalue weighted by Gasteiger charge is 2.38. The van der Waals surface area contributed by atoms with Crippen LogP contribution in [-0.4, -0.2) is 36.4 Å². The van der Waals surface area contributed by atoms with Gasteiger partial charge >= 0.3 is 6.16 Å². The highest BCUT2D eigenvalue weighted by atomic mass is 32.1. The van der Waals surface area contributed by atoms with Gasteiger partial charge in [0, 0.05) is 23.8 Å². The number of benzene rings is 1. The first-order chi connectivity index (χ1) is 16.0. The lowest BCUT2D eigenvalue weighted by atomic mass is 9.74. The average Bonchev–Trinajstić information content (AvgIpc) is 3.24. The summed E-state index contributed by atoms with van der Waals surface area (Å²) < 4.78 is 0. The van der Waals surface area contributed by atoms with Gasteiger partial charge in [0.1, 0.15) is 10.6 Å². The Bertz CT molecular complexity index is 1130. The maximum atomic E-state index is 11.3. The molecule has 0 bridgehead atoms. The van der Waals surface area contributed by atoms with Gasteiger partial charge in [0.05, 0.1) is 4.88 Å². The number of thiazole rings is 1. The summed E-state index contributed by atoms with van der Waals surface area (Å²) in [6, 6.07) is 8.20. The van der Waals surface area contributed by atoms with Crippen LogP contribution in [0.4, 0.5) is 16.4 Å². The third kappa shape index (κ3) is 6.74. The largest absolute Gasteiger partial charge is 0.503 e. The zero-order valence-electron chi connectivity index (χ0n) is 19.9. The quantitative estimate of drug-likeness (QED) is 0.336. The Labute approximate surface area is 203 Å². The summed E-state index contributed by atoms with van der Waals surface area (Å²) in [6.45, 7) is 8.25. The number of aliphatic hydroxyl groups is 1. The van der Waals surface area contributed by atoms with Gasteiger partial charge < -0.3 is 20.6 Å². The predicted octanol–water partition coefficient (Wildman–Crippen LogP) is 6.22. The van der Waals surface area contributed by atoms with Crippen LogP contribution in [0.25, 0.3) is 10.4 Å². The smallest absolute Gasteiger partial charge is 0.450 e. The van der Waals surface area contributed by atoms with E-state index in [1.54, 1.807) is 17.5 Å². The Morgan fingerprint density at radius 3 is 2.59 bits per heavy atom. The molecule has 0 aliphatic heterocycles. The molecule has 0 amide bonds. The molecule has 182 valence electrons. The van der Waals surface area contributed by atoms with Gasteiger partial charge in [0.25, 0.3) is 0 Å². The lowest BCUT2D eigenvalue weighted by Gasteiger charge is -2.36. The van der Waals surface area contributed by atoms with Gasteiger partial charge in [-0.2, -0.15) is 0 Å². The molecule has 2 heterocycles. The number of aromatic nitrogens is 3. The molecular formula is C25H32N4O4S. The normalized spacial score (nSPS) is 19.4. The molecule has 0 spiro atoms. The SMILES string of the molecule is Cc1cc(Nc2nccc(C)n2)cc(-c2cnc([C@@](C)(O)[C@@H]3CCC[C@H](C)C3)s2)c1.O=C(O)O. The zero-order chi connectivity index (χ0) is 24.9. The van der Waals surface area contributed by atoms with E-state index in [0.29, 0.717) is 11.9 Å². The molecule has 1 saturated carbocycles. The molecule has 1 fully saturated rings. The van der Waals surface area contributed by atoms with Crippen molar-refractivity contribution in [1.29, 1.82) is 0 Å². The van der Waals surface area contributed by atoms with Crippen LogP contribution in [0.1, 0.15) is 55.8 Å². The summed E-state index contributed by atoms with van der Waals surface area (Å²) in [7, 11) is 0. The number of hydrogen-bond acceptors (Lipinski definition) is 7. The van der Waals surface area contributed by atoms with E-state index in [4.69, 9.17) is 15.0 Å². The fourth-order valence-electron chi connectivity index (χ4n) is 4.40. The topological polar surface area (TPSA) is 128 Å². The number of carbonyl (C=O) groups is 1. The van der Waals surface area contributed by atoms with Crippen molar-refractivity contribution in [2.75, 3.05) is 5.32 Å². The molecule has 4 N–H and O–H groups in total. The van der Waals surface area contributed by atoms with Gasteiger partial charge in [-0.15, -0.1) is 11.3 Å². The van der Waals surface area contributed by atoms with Gasteiger partial charge in [-0.1, -0.05) is 25.8 Å². The van der Waals surface area contributed by atoms with Gasteiger partial charge in [-0.3, -0.25) is 0 Å². The van der Waals surface area contributed by atoms with Crippen molar-refractivity contribution < 1.29 is 20.1 Å². The molecule has 3 atom stereocenters. The summed E-state index contributed by atoms with van der Waals surface area (Å²) in [6.07, 6.45) is 6.40. The van der Waals surface area contributed by atoms with Crippen molar-refractivity contribution in [3.63, 3.8) is 0 Å². The summed E-state index contributed by atoms with van der Waals surface area (Å²) in [5.74, 6) is 1.53. The van der Waals surface area contributed by atoms with Crippen molar-refractivity contribution in [2.24, 2.45) is 11.8 Å². The molecule has 0 saturated heterocycles. The van der Waals surface area contributed by atoms with Crippen molar-refractivity contribution in [2.45, 2.75) is 59.0 Å². The summed E-state index contributed by atoms with van der Waals surface area (Å²) >= 11 is 1.59. The molecular weight excluding hydrogens is 452 g/mol. The second-order valence-electron chi connectivity index (χ2n) is 9.16. The maximum Gasteiger partial charge on any atom is 0.503 e. The second-order valence-corrected chi connectivity index (χ2v) is 10.2.